The van der Waals surface area contributed by atoms with Crippen LogP contribution in [0.1, 0.15) is 23.8 Å². The lowest BCUT2D eigenvalue weighted by Crippen LogP contribution is -2.16. The van der Waals surface area contributed by atoms with Crippen molar-refractivity contribution in [2.24, 2.45) is 0 Å². The molecule has 3 N–H and O–H groups in total. The van der Waals surface area contributed by atoms with Crippen LogP contribution in [0.15, 0.2) is 36.5 Å². The number of anilines is 2. The van der Waals surface area contributed by atoms with Gasteiger partial charge in [0.2, 0.25) is 0 Å². The first-order valence-corrected chi connectivity index (χ1v) is 6.50. The maximum atomic E-state index is 12.2. The van der Waals surface area contributed by atoms with E-state index < -0.39 is 0 Å². The van der Waals surface area contributed by atoms with Crippen LogP contribution >= 0.6 is 11.6 Å². The van der Waals surface area contributed by atoms with Crippen LogP contribution in [-0.2, 0) is 6.54 Å². The Balaban J connectivity index is 2.17. The third kappa shape index (κ3) is 3.29. The van der Waals surface area contributed by atoms with Crippen molar-refractivity contribution in [1.29, 1.82) is 0 Å². The van der Waals surface area contributed by atoms with Gasteiger partial charge in [-0.2, -0.15) is 0 Å². The molecule has 0 saturated heterocycles. The summed E-state index contributed by atoms with van der Waals surface area (Å²) < 4.78 is 1.86. The fraction of sp³-hybridized carbons (Fsp3) is 0.214. The standard InChI is InChI=1S/C14H16ClN3O/c1-2-7-18-9-11(16)8-13(18)14(19)17-12-5-3-10(15)4-6-12/h3-6,8-9H,2,7,16H2,1H3,(H,17,19). The van der Waals surface area contributed by atoms with Crippen LogP contribution in [0.2, 0.25) is 5.02 Å². The van der Waals surface area contributed by atoms with Crippen LogP contribution in [0, 0.1) is 0 Å². The minimum Gasteiger partial charge on any atom is -0.397 e. The summed E-state index contributed by atoms with van der Waals surface area (Å²) in [7, 11) is 0. The molecule has 0 unspecified atom stereocenters. The van der Waals surface area contributed by atoms with Crippen molar-refractivity contribution in [2.45, 2.75) is 19.9 Å². The summed E-state index contributed by atoms with van der Waals surface area (Å²) in [5, 5.41) is 3.46. The zero-order valence-corrected chi connectivity index (χ0v) is 11.4. The van der Waals surface area contributed by atoms with Gasteiger partial charge < -0.3 is 15.6 Å². The van der Waals surface area contributed by atoms with Gasteiger partial charge in [0.25, 0.3) is 5.91 Å². The molecule has 0 aliphatic heterocycles. The molecule has 0 spiro atoms. The number of amides is 1. The zero-order valence-electron chi connectivity index (χ0n) is 10.7. The van der Waals surface area contributed by atoms with Gasteiger partial charge in [-0.25, -0.2) is 0 Å². The fourth-order valence-corrected chi connectivity index (χ4v) is 2.00. The number of hydrogen-bond donors (Lipinski definition) is 2. The fourth-order valence-electron chi connectivity index (χ4n) is 1.88. The summed E-state index contributed by atoms with van der Waals surface area (Å²) >= 11 is 5.80. The third-order valence-corrected chi connectivity index (χ3v) is 2.97. The first-order chi connectivity index (χ1) is 9.10. The number of carbonyl (C=O) groups is 1. The minimum atomic E-state index is -0.174. The van der Waals surface area contributed by atoms with Gasteiger partial charge >= 0.3 is 0 Å². The van der Waals surface area contributed by atoms with E-state index in [9.17, 15) is 4.79 Å². The van der Waals surface area contributed by atoms with Crippen molar-refractivity contribution in [3.8, 4) is 0 Å². The second-order valence-corrected chi connectivity index (χ2v) is 4.75. The van der Waals surface area contributed by atoms with Crippen molar-refractivity contribution >= 4 is 28.9 Å². The first-order valence-electron chi connectivity index (χ1n) is 6.12. The van der Waals surface area contributed by atoms with E-state index in [2.05, 4.69) is 12.2 Å². The Morgan fingerprint density at radius 2 is 2.05 bits per heavy atom. The van der Waals surface area contributed by atoms with E-state index in [4.69, 9.17) is 17.3 Å². The van der Waals surface area contributed by atoms with Crippen molar-refractivity contribution < 1.29 is 4.79 Å². The third-order valence-electron chi connectivity index (χ3n) is 2.72. The van der Waals surface area contributed by atoms with Crippen LogP contribution in [-0.4, -0.2) is 10.5 Å². The van der Waals surface area contributed by atoms with Gasteiger partial charge in [-0.3, -0.25) is 4.79 Å². The Kier molecular flexibility index (Phi) is 4.12. The normalized spacial score (nSPS) is 10.4. The monoisotopic (exact) mass is 277 g/mol. The molecule has 2 aromatic rings. The van der Waals surface area contributed by atoms with E-state index in [0.29, 0.717) is 22.1 Å². The van der Waals surface area contributed by atoms with Gasteiger partial charge in [-0.15, -0.1) is 0 Å². The molecule has 1 aromatic carbocycles. The molecule has 0 atom stereocenters. The predicted molar refractivity (Wildman–Crippen MR) is 78.5 cm³/mol. The van der Waals surface area contributed by atoms with Crippen molar-refractivity contribution in [3.63, 3.8) is 0 Å². The van der Waals surface area contributed by atoms with Crippen molar-refractivity contribution in [2.75, 3.05) is 11.1 Å². The number of carbonyl (C=O) groups excluding carboxylic acids is 1. The summed E-state index contributed by atoms with van der Waals surface area (Å²) in [5.41, 5.74) is 7.60. The average Bonchev–Trinajstić information content (AvgIpc) is 2.74. The van der Waals surface area contributed by atoms with Gasteiger partial charge in [0, 0.05) is 23.5 Å². The number of hydrogen-bond acceptors (Lipinski definition) is 2. The zero-order chi connectivity index (χ0) is 13.8. The molecular formula is C14H16ClN3O. The van der Waals surface area contributed by atoms with Gasteiger partial charge in [0.1, 0.15) is 5.69 Å². The molecular weight excluding hydrogens is 262 g/mol. The first kappa shape index (κ1) is 13.5. The number of nitrogen functional groups attached to an aromatic ring is 1. The summed E-state index contributed by atoms with van der Waals surface area (Å²) in [4.78, 5) is 12.2. The maximum absolute atomic E-state index is 12.2. The Bertz CT molecular complexity index is 575. The molecule has 0 aliphatic carbocycles. The number of aromatic nitrogens is 1. The van der Waals surface area contributed by atoms with E-state index in [-0.39, 0.29) is 5.91 Å². The number of benzene rings is 1. The van der Waals surface area contributed by atoms with Crippen LogP contribution in [0.4, 0.5) is 11.4 Å². The highest BCUT2D eigenvalue weighted by Gasteiger charge is 2.12. The lowest BCUT2D eigenvalue weighted by molar-refractivity contribution is 0.101. The summed E-state index contributed by atoms with van der Waals surface area (Å²) in [5.74, 6) is -0.174. The van der Waals surface area contributed by atoms with Gasteiger partial charge in [0.05, 0.1) is 5.69 Å². The van der Waals surface area contributed by atoms with Crippen LogP contribution in [0.3, 0.4) is 0 Å². The van der Waals surface area contributed by atoms with Crippen molar-refractivity contribution in [1.82, 2.24) is 4.57 Å². The summed E-state index contributed by atoms with van der Waals surface area (Å²) in [6.07, 6.45) is 2.72. The SMILES string of the molecule is CCCn1cc(N)cc1C(=O)Nc1ccc(Cl)cc1. The Morgan fingerprint density at radius 1 is 1.37 bits per heavy atom. The molecule has 19 heavy (non-hydrogen) atoms. The largest absolute Gasteiger partial charge is 0.397 e. The topological polar surface area (TPSA) is 60.0 Å². The lowest BCUT2D eigenvalue weighted by atomic mass is 10.3. The van der Waals surface area contributed by atoms with E-state index in [1.54, 1.807) is 36.5 Å². The summed E-state index contributed by atoms with van der Waals surface area (Å²) in [6, 6.07) is 8.67. The smallest absolute Gasteiger partial charge is 0.272 e. The molecule has 1 aromatic heterocycles. The van der Waals surface area contributed by atoms with Gasteiger partial charge in [-0.1, -0.05) is 18.5 Å². The molecule has 100 valence electrons. The van der Waals surface area contributed by atoms with E-state index >= 15 is 0 Å². The molecule has 0 radical (unpaired) electrons. The minimum absolute atomic E-state index is 0.174. The molecule has 2 rings (SSSR count). The second-order valence-electron chi connectivity index (χ2n) is 4.31. The van der Waals surface area contributed by atoms with E-state index in [0.717, 1.165) is 13.0 Å². The van der Waals surface area contributed by atoms with Gasteiger partial charge in [-0.05, 0) is 36.8 Å². The molecule has 5 heteroatoms. The van der Waals surface area contributed by atoms with Crippen molar-refractivity contribution in [3.05, 3.63) is 47.2 Å². The number of nitrogens with one attached hydrogen (secondary N) is 1. The molecule has 0 bridgehead atoms. The summed E-state index contributed by atoms with van der Waals surface area (Å²) in [6.45, 7) is 2.82. The van der Waals surface area contributed by atoms with E-state index in [1.807, 2.05) is 4.57 Å². The number of nitrogens with two attached hydrogens (primary N) is 1. The number of halogens is 1. The highest BCUT2D eigenvalue weighted by atomic mass is 35.5. The predicted octanol–water partition coefficient (Wildman–Crippen LogP) is 3.39. The average molecular weight is 278 g/mol. The second kappa shape index (κ2) is 5.80. The molecule has 0 fully saturated rings. The Hall–Kier alpha value is -1.94. The Labute approximate surface area is 117 Å². The van der Waals surface area contributed by atoms with Crippen LogP contribution in [0.5, 0.6) is 0 Å². The number of aryl methyl sites for hydroxylation is 1. The van der Waals surface area contributed by atoms with Crippen LogP contribution < -0.4 is 11.1 Å². The van der Waals surface area contributed by atoms with E-state index in [1.165, 1.54) is 0 Å². The van der Waals surface area contributed by atoms with Crippen LogP contribution in [0.25, 0.3) is 0 Å². The maximum Gasteiger partial charge on any atom is 0.272 e. The lowest BCUT2D eigenvalue weighted by Gasteiger charge is -2.08. The number of rotatable bonds is 4. The molecule has 1 amide bonds. The van der Waals surface area contributed by atoms with Gasteiger partial charge in [0.15, 0.2) is 0 Å². The Morgan fingerprint density at radius 3 is 2.68 bits per heavy atom. The highest BCUT2D eigenvalue weighted by molar-refractivity contribution is 6.30. The highest BCUT2D eigenvalue weighted by Crippen LogP contribution is 2.16. The number of nitrogens with zero attached hydrogens (tertiary/aromatic N) is 1. The molecule has 0 saturated carbocycles. The molecule has 1 heterocycles. The quantitative estimate of drug-likeness (QED) is 0.900. The molecule has 4 nitrogen and oxygen atoms in total. The molecule has 0 aliphatic rings.